The standard InChI is InChI=1S/C8H14N4S/c1-9-8(13)10-5-3-7-4-6-11-12(7)2/h4,6H,3,5H2,1-2H3,(H2,9,10,13). The molecule has 0 aliphatic heterocycles. The number of nitrogens with zero attached hydrogens (tertiary/aromatic N) is 2. The minimum absolute atomic E-state index is 0.683. The van der Waals surface area contributed by atoms with Crippen LogP contribution < -0.4 is 10.6 Å². The molecule has 0 atom stereocenters. The second kappa shape index (κ2) is 4.81. The molecule has 0 radical (unpaired) electrons. The van der Waals surface area contributed by atoms with E-state index in [1.807, 2.05) is 17.8 Å². The van der Waals surface area contributed by atoms with E-state index in [0.29, 0.717) is 5.11 Å². The van der Waals surface area contributed by atoms with Crippen LogP contribution in [0.4, 0.5) is 0 Å². The first-order chi connectivity index (χ1) is 6.24. The zero-order valence-electron chi connectivity index (χ0n) is 7.87. The van der Waals surface area contributed by atoms with Gasteiger partial charge in [0.15, 0.2) is 5.11 Å². The second-order valence-electron chi connectivity index (χ2n) is 2.70. The third-order valence-electron chi connectivity index (χ3n) is 1.82. The minimum atomic E-state index is 0.683. The highest BCUT2D eigenvalue weighted by atomic mass is 32.1. The molecule has 1 heterocycles. The molecule has 13 heavy (non-hydrogen) atoms. The zero-order valence-corrected chi connectivity index (χ0v) is 8.69. The molecule has 0 aliphatic rings. The van der Waals surface area contributed by atoms with Crippen molar-refractivity contribution in [1.82, 2.24) is 20.4 Å². The fraction of sp³-hybridized carbons (Fsp3) is 0.500. The van der Waals surface area contributed by atoms with Crippen molar-refractivity contribution in [2.24, 2.45) is 7.05 Å². The van der Waals surface area contributed by atoms with Crippen molar-refractivity contribution >= 4 is 17.3 Å². The summed E-state index contributed by atoms with van der Waals surface area (Å²) in [6, 6.07) is 2.00. The van der Waals surface area contributed by atoms with Gasteiger partial charge in [-0.1, -0.05) is 0 Å². The Balaban J connectivity index is 2.28. The summed E-state index contributed by atoms with van der Waals surface area (Å²) < 4.78 is 1.87. The van der Waals surface area contributed by atoms with Crippen LogP contribution in [0.25, 0.3) is 0 Å². The molecule has 0 spiro atoms. The van der Waals surface area contributed by atoms with Crippen LogP contribution in [0.15, 0.2) is 12.3 Å². The molecular formula is C8H14N4S. The van der Waals surface area contributed by atoms with Gasteiger partial charge in [0.05, 0.1) is 0 Å². The van der Waals surface area contributed by atoms with E-state index in [-0.39, 0.29) is 0 Å². The van der Waals surface area contributed by atoms with Crippen molar-refractivity contribution in [3.63, 3.8) is 0 Å². The van der Waals surface area contributed by atoms with Gasteiger partial charge >= 0.3 is 0 Å². The van der Waals surface area contributed by atoms with Gasteiger partial charge in [-0.05, 0) is 18.3 Å². The van der Waals surface area contributed by atoms with Crippen molar-refractivity contribution in [2.45, 2.75) is 6.42 Å². The van der Waals surface area contributed by atoms with Crippen LogP contribution >= 0.6 is 12.2 Å². The van der Waals surface area contributed by atoms with E-state index >= 15 is 0 Å². The Morgan fingerprint density at radius 3 is 3.00 bits per heavy atom. The molecule has 0 bridgehead atoms. The lowest BCUT2D eigenvalue weighted by Gasteiger charge is -2.06. The average Bonchev–Trinajstić information content (AvgIpc) is 2.52. The quantitative estimate of drug-likeness (QED) is 0.674. The van der Waals surface area contributed by atoms with Gasteiger partial charge in [-0.25, -0.2) is 0 Å². The summed E-state index contributed by atoms with van der Waals surface area (Å²) in [5.74, 6) is 0. The molecule has 1 aromatic heterocycles. The maximum atomic E-state index is 4.94. The first-order valence-electron chi connectivity index (χ1n) is 4.16. The lowest BCUT2D eigenvalue weighted by Crippen LogP contribution is -2.33. The number of rotatable bonds is 3. The fourth-order valence-electron chi connectivity index (χ4n) is 1.04. The molecule has 0 unspecified atom stereocenters. The van der Waals surface area contributed by atoms with E-state index in [9.17, 15) is 0 Å². The van der Waals surface area contributed by atoms with Gasteiger partial charge in [-0.15, -0.1) is 0 Å². The Morgan fingerprint density at radius 1 is 1.69 bits per heavy atom. The highest BCUT2D eigenvalue weighted by Gasteiger charge is 1.97. The monoisotopic (exact) mass is 198 g/mol. The van der Waals surface area contributed by atoms with Gasteiger partial charge in [0.25, 0.3) is 0 Å². The van der Waals surface area contributed by atoms with Crippen LogP contribution in [-0.4, -0.2) is 28.5 Å². The molecule has 0 aliphatic carbocycles. The second-order valence-corrected chi connectivity index (χ2v) is 3.11. The lowest BCUT2D eigenvalue weighted by molar-refractivity contribution is 0.694. The van der Waals surface area contributed by atoms with E-state index in [1.54, 1.807) is 13.2 Å². The Kier molecular flexibility index (Phi) is 3.70. The molecule has 72 valence electrons. The number of hydrogen-bond donors (Lipinski definition) is 2. The highest BCUT2D eigenvalue weighted by molar-refractivity contribution is 7.80. The average molecular weight is 198 g/mol. The molecule has 1 rings (SSSR count). The lowest BCUT2D eigenvalue weighted by atomic mass is 10.3. The van der Waals surface area contributed by atoms with Crippen LogP contribution in [0, 0.1) is 0 Å². The van der Waals surface area contributed by atoms with Gasteiger partial charge in [0.1, 0.15) is 0 Å². The Morgan fingerprint density at radius 2 is 2.46 bits per heavy atom. The van der Waals surface area contributed by atoms with Crippen molar-refractivity contribution in [3.05, 3.63) is 18.0 Å². The number of thiocarbonyl (C=S) groups is 1. The largest absolute Gasteiger partial charge is 0.366 e. The number of hydrogen-bond acceptors (Lipinski definition) is 2. The van der Waals surface area contributed by atoms with Gasteiger partial charge in [-0.2, -0.15) is 5.10 Å². The summed E-state index contributed by atoms with van der Waals surface area (Å²) in [6.45, 7) is 0.833. The summed E-state index contributed by atoms with van der Waals surface area (Å²) in [6.07, 6.45) is 2.73. The van der Waals surface area contributed by atoms with Crippen molar-refractivity contribution < 1.29 is 0 Å². The summed E-state index contributed by atoms with van der Waals surface area (Å²) in [5.41, 5.74) is 1.20. The van der Waals surface area contributed by atoms with Crippen LogP contribution in [-0.2, 0) is 13.5 Å². The third-order valence-corrected chi connectivity index (χ3v) is 2.16. The van der Waals surface area contributed by atoms with E-state index < -0.39 is 0 Å². The smallest absolute Gasteiger partial charge is 0.166 e. The van der Waals surface area contributed by atoms with Crippen LogP contribution in [0.2, 0.25) is 0 Å². The van der Waals surface area contributed by atoms with E-state index in [0.717, 1.165) is 13.0 Å². The van der Waals surface area contributed by atoms with Gasteiger partial charge in [-0.3, -0.25) is 4.68 Å². The molecule has 2 N–H and O–H groups in total. The van der Waals surface area contributed by atoms with Crippen LogP contribution in [0.3, 0.4) is 0 Å². The topological polar surface area (TPSA) is 41.9 Å². The first-order valence-corrected chi connectivity index (χ1v) is 4.57. The van der Waals surface area contributed by atoms with Crippen LogP contribution in [0.5, 0.6) is 0 Å². The van der Waals surface area contributed by atoms with Crippen molar-refractivity contribution in [1.29, 1.82) is 0 Å². The zero-order chi connectivity index (χ0) is 9.68. The van der Waals surface area contributed by atoms with Crippen molar-refractivity contribution in [2.75, 3.05) is 13.6 Å². The third kappa shape index (κ3) is 3.02. The van der Waals surface area contributed by atoms with Gasteiger partial charge < -0.3 is 10.6 Å². The molecule has 4 nitrogen and oxygen atoms in total. The Labute approximate surface area is 83.3 Å². The molecular weight excluding hydrogens is 184 g/mol. The fourth-order valence-corrected chi connectivity index (χ4v) is 1.14. The molecule has 0 amide bonds. The Bertz CT molecular complexity index is 281. The van der Waals surface area contributed by atoms with E-state index in [2.05, 4.69) is 15.7 Å². The van der Waals surface area contributed by atoms with Crippen molar-refractivity contribution in [3.8, 4) is 0 Å². The summed E-state index contributed by atoms with van der Waals surface area (Å²) in [5, 5.41) is 10.7. The molecule has 0 saturated carbocycles. The number of nitrogens with one attached hydrogen (secondary N) is 2. The minimum Gasteiger partial charge on any atom is -0.366 e. The first kappa shape index (κ1) is 9.98. The number of aromatic nitrogens is 2. The SMILES string of the molecule is CNC(=S)NCCc1ccnn1C. The van der Waals surface area contributed by atoms with Crippen LogP contribution in [0.1, 0.15) is 5.69 Å². The summed E-state index contributed by atoms with van der Waals surface area (Å²) in [7, 11) is 3.74. The maximum absolute atomic E-state index is 4.94. The Hall–Kier alpha value is -1.10. The van der Waals surface area contributed by atoms with Gasteiger partial charge in [0, 0.05) is 39.0 Å². The van der Waals surface area contributed by atoms with Gasteiger partial charge in [0.2, 0.25) is 0 Å². The summed E-state index contributed by atoms with van der Waals surface area (Å²) in [4.78, 5) is 0. The van der Waals surface area contributed by atoms with E-state index in [4.69, 9.17) is 12.2 Å². The van der Waals surface area contributed by atoms with E-state index in [1.165, 1.54) is 5.69 Å². The molecule has 5 heteroatoms. The normalized spacial score (nSPS) is 9.69. The maximum Gasteiger partial charge on any atom is 0.166 e. The molecule has 1 aromatic rings. The molecule has 0 aromatic carbocycles. The predicted octanol–water partition coefficient (Wildman–Crippen LogP) is 0.0565. The molecule has 0 fully saturated rings. The highest BCUT2D eigenvalue weighted by Crippen LogP contribution is 1.95. The molecule has 0 saturated heterocycles. The number of aryl methyl sites for hydroxylation is 1. The summed E-state index contributed by atoms with van der Waals surface area (Å²) >= 11 is 4.94. The predicted molar refractivity (Wildman–Crippen MR) is 56.6 cm³/mol.